The molecule has 2 heteroatoms. The van der Waals surface area contributed by atoms with E-state index in [0.717, 1.165) is 42.4 Å². The molecule has 0 heterocycles. The Morgan fingerprint density at radius 2 is 1.68 bits per heavy atom. The second-order valence-corrected chi connectivity index (χ2v) is 9.77. The van der Waals surface area contributed by atoms with E-state index in [4.69, 9.17) is 0 Å². The minimum atomic E-state index is -0.444. The third kappa shape index (κ3) is 2.05. The fourth-order valence-electron chi connectivity index (χ4n) is 7.22. The number of aliphatic hydroxyl groups is 2. The Morgan fingerprint density at radius 1 is 0.909 bits per heavy atom. The fraction of sp³-hybridized carbons (Fsp3) is 1.00. The van der Waals surface area contributed by atoms with Crippen molar-refractivity contribution >= 4 is 0 Å². The molecule has 0 aromatic carbocycles. The number of hydrogen-bond acceptors (Lipinski definition) is 2. The summed E-state index contributed by atoms with van der Waals surface area (Å²) in [5.74, 6) is 4.53. The van der Waals surface area contributed by atoms with Crippen LogP contribution in [0.1, 0.15) is 72.1 Å². The Labute approximate surface area is 135 Å². The Hall–Kier alpha value is -0.0800. The van der Waals surface area contributed by atoms with Crippen LogP contribution in [0.15, 0.2) is 0 Å². The van der Waals surface area contributed by atoms with Gasteiger partial charge in [0, 0.05) is 0 Å². The molecule has 0 spiro atoms. The molecule has 0 bridgehead atoms. The van der Waals surface area contributed by atoms with Gasteiger partial charge in [0.15, 0.2) is 0 Å². The zero-order valence-corrected chi connectivity index (χ0v) is 14.6. The average Bonchev–Trinajstić information content (AvgIpc) is 2.76. The van der Waals surface area contributed by atoms with Gasteiger partial charge in [-0.3, -0.25) is 0 Å². The van der Waals surface area contributed by atoms with Gasteiger partial charge in [-0.2, -0.15) is 0 Å². The number of hydrogen-bond donors (Lipinski definition) is 2. The normalized spacial score (nSPS) is 61.2. The van der Waals surface area contributed by atoms with Crippen LogP contribution in [0, 0.1) is 40.9 Å². The maximum absolute atomic E-state index is 10.7. The largest absolute Gasteiger partial charge is 0.393 e. The summed E-state index contributed by atoms with van der Waals surface area (Å²) in [6.45, 7) is 6.68. The van der Waals surface area contributed by atoms with Crippen LogP contribution in [0.4, 0.5) is 0 Å². The Kier molecular flexibility index (Phi) is 3.48. The highest BCUT2D eigenvalue weighted by Gasteiger charge is 2.57. The van der Waals surface area contributed by atoms with Gasteiger partial charge in [-0.1, -0.05) is 13.8 Å². The molecule has 1 unspecified atom stereocenters. The minimum absolute atomic E-state index is 0.0535. The molecule has 0 aliphatic heterocycles. The lowest BCUT2D eigenvalue weighted by molar-refractivity contribution is -0.127. The van der Waals surface area contributed by atoms with E-state index in [1.165, 1.54) is 38.5 Å². The zero-order valence-electron chi connectivity index (χ0n) is 14.6. The van der Waals surface area contributed by atoms with Crippen LogP contribution >= 0.6 is 0 Å². The quantitative estimate of drug-likeness (QED) is 0.710. The molecule has 2 nitrogen and oxygen atoms in total. The highest BCUT2D eigenvalue weighted by molar-refractivity contribution is 5.07. The van der Waals surface area contributed by atoms with Gasteiger partial charge < -0.3 is 10.2 Å². The first-order valence-corrected chi connectivity index (χ1v) is 9.73. The maximum atomic E-state index is 10.7. The third-order valence-corrected chi connectivity index (χ3v) is 8.83. The van der Waals surface area contributed by atoms with Crippen molar-refractivity contribution in [1.82, 2.24) is 0 Å². The predicted octanol–water partition coefficient (Wildman–Crippen LogP) is 4.00. The van der Waals surface area contributed by atoms with Crippen molar-refractivity contribution in [1.29, 1.82) is 0 Å². The smallest absolute Gasteiger partial charge is 0.0648 e. The first-order valence-electron chi connectivity index (χ1n) is 9.73. The molecule has 0 aromatic heterocycles. The molecule has 0 radical (unpaired) electrons. The van der Waals surface area contributed by atoms with Crippen LogP contribution in [0.5, 0.6) is 0 Å². The van der Waals surface area contributed by atoms with Gasteiger partial charge in [0.2, 0.25) is 0 Å². The van der Waals surface area contributed by atoms with Crippen LogP contribution in [-0.2, 0) is 0 Å². The number of rotatable bonds is 0. The van der Waals surface area contributed by atoms with Gasteiger partial charge in [0.1, 0.15) is 0 Å². The Morgan fingerprint density at radius 3 is 2.45 bits per heavy atom. The van der Waals surface area contributed by atoms with E-state index in [1.807, 2.05) is 0 Å². The summed E-state index contributed by atoms with van der Waals surface area (Å²) >= 11 is 0. The van der Waals surface area contributed by atoms with Crippen LogP contribution in [0.2, 0.25) is 0 Å². The van der Waals surface area contributed by atoms with E-state index in [9.17, 15) is 10.2 Å². The second-order valence-electron chi connectivity index (χ2n) is 9.77. The van der Waals surface area contributed by atoms with Gasteiger partial charge in [-0.25, -0.2) is 0 Å². The van der Waals surface area contributed by atoms with Crippen LogP contribution in [0.3, 0.4) is 0 Å². The van der Waals surface area contributed by atoms with E-state index in [0.29, 0.717) is 5.92 Å². The van der Waals surface area contributed by atoms with E-state index in [1.54, 1.807) is 0 Å². The summed E-state index contributed by atoms with van der Waals surface area (Å²) in [6, 6.07) is 0. The molecular weight excluding hydrogens is 272 g/mol. The van der Waals surface area contributed by atoms with Crippen molar-refractivity contribution < 1.29 is 10.2 Å². The van der Waals surface area contributed by atoms with Crippen molar-refractivity contribution in [2.24, 2.45) is 40.9 Å². The molecule has 0 amide bonds. The summed E-state index contributed by atoms with van der Waals surface area (Å²) in [5.41, 5.74) is -0.236. The fourth-order valence-corrected chi connectivity index (χ4v) is 7.22. The summed E-state index contributed by atoms with van der Waals surface area (Å²) < 4.78 is 0. The van der Waals surface area contributed by atoms with E-state index >= 15 is 0 Å². The van der Waals surface area contributed by atoms with Gasteiger partial charge in [-0.15, -0.1) is 0 Å². The first kappa shape index (κ1) is 15.4. The van der Waals surface area contributed by atoms with Crippen molar-refractivity contribution in [3.63, 3.8) is 0 Å². The molecule has 2 N–H and O–H groups in total. The van der Waals surface area contributed by atoms with Gasteiger partial charge >= 0.3 is 0 Å². The Bertz CT molecular complexity index is 445. The topological polar surface area (TPSA) is 40.5 Å². The molecule has 0 saturated heterocycles. The van der Waals surface area contributed by atoms with Crippen LogP contribution in [-0.4, -0.2) is 21.9 Å². The predicted molar refractivity (Wildman–Crippen MR) is 88.3 cm³/mol. The SMILES string of the molecule is C[C@H]1C[C@H]2C(CC[C@@H]3[C@@H]2CC[C@]2(C)[C@@H](O)CC[C@@H]32)C[C@]1(C)O. The molecule has 4 saturated carbocycles. The number of aliphatic hydroxyl groups excluding tert-OH is 1. The molecule has 4 aliphatic rings. The molecule has 22 heavy (non-hydrogen) atoms. The van der Waals surface area contributed by atoms with E-state index in [-0.39, 0.29) is 11.5 Å². The summed E-state index contributed by atoms with van der Waals surface area (Å²) in [6.07, 6.45) is 9.70. The van der Waals surface area contributed by atoms with Crippen LogP contribution < -0.4 is 0 Å². The number of fused-ring (bicyclic) bond motifs is 5. The van der Waals surface area contributed by atoms with Crippen molar-refractivity contribution in [3.8, 4) is 0 Å². The molecule has 0 aromatic rings. The summed E-state index contributed by atoms with van der Waals surface area (Å²) in [7, 11) is 0. The molecular formula is C20H34O2. The highest BCUT2D eigenvalue weighted by atomic mass is 16.3. The van der Waals surface area contributed by atoms with Crippen molar-refractivity contribution in [2.75, 3.05) is 0 Å². The van der Waals surface area contributed by atoms with E-state index in [2.05, 4.69) is 20.8 Å². The summed E-state index contributed by atoms with van der Waals surface area (Å²) in [4.78, 5) is 0. The van der Waals surface area contributed by atoms with Crippen LogP contribution in [0.25, 0.3) is 0 Å². The average molecular weight is 306 g/mol. The maximum Gasteiger partial charge on any atom is 0.0648 e. The van der Waals surface area contributed by atoms with Crippen molar-refractivity contribution in [2.45, 2.75) is 83.8 Å². The minimum Gasteiger partial charge on any atom is -0.393 e. The van der Waals surface area contributed by atoms with Gasteiger partial charge in [0.25, 0.3) is 0 Å². The van der Waals surface area contributed by atoms with E-state index < -0.39 is 5.60 Å². The lowest BCUT2D eigenvalue weighted by Crippen LogP contribution is -2.53. The first-order chi connectivity index (χ1) is 10.3. The Balaban J connectivity index is 1.57. The summed E-state index contributed by atoms with van der Waals surface area (Å²) in [5, 5.41) is 21.2. The molecule has 4 rings (SSSR count). The molecule has 126 valence electrons. The monoisotopic (exact) mass is 306 g/mol. The highest BCUT2D eigenvalue weighted by Crippen LogP contribution is 2.63. The molecule has 4 aliphatic carbocycles. The molecule has 9 atom stereocenters. The second kappa shape index (κ2) is 4.96. The zero-order chi connectivity index (χ0) is 15.7. The lowest BCUT2D eigenvalue weighted by Gasteiger charge is -2.57. The third-order valence-electron chi connectivity index (χ3n) is 8.83. The van der Waals surface area contributed by atoms with Gasteiger partial charge in [0.05, 0.1) is 11.7 Å². The van der Waals surface area contributed by atoms with Crippen molar-refractivity contribution in [3.05, 3.63) is 0 Å². The molecule has 4 fully saturated rings. The lowest BCUT2D eigenvalue weighted by atomic mass is 9.48. The standard InChI is InChI=1S/C20H34O2/c1-12-10-16-13(11-20(12,3)22)4-5-15-14(16)8-9-19(2)17(15)6-7-18(19)21/h12-18,21-22H,4-11H2,1-3H3/t12-,13?,14-,15+,16-,17-,18-,19-,20-/m0/s1. The van der Waals surface area contributed by atoms with Gasteiger partial charge in [-0.05, 0) is 99.2 Å².